The monoisotopic (exact) mass is 336 g/mol. The van der Waals surface area contributed by atoms with Gasteiger partial charge in [-0.1, -0.05) is 52.0 Å². The maximum absolute atomic E-state index is 2.48. The molecule has 0 radical (unpaired) electrons. The molecule has 2 aromatic carbocycles. The Hall–Kier alpha value is -1.64. The van der Waals surface area contributed by atoms with Gasteiger partial charge in [0.1, 0.15) is 0 Å². The summed E-state index contributed by atoms with van der Waals surface area (Å²) in [6, 6.07) is 14.2. The molecule has 2 aromatic rings. The molecule has 0 saturated heterocycles. The van der Waals surface area contributed by atoms with Gasteiger partial charge in [0.15, 0.2) is 0 Å². The normalized spacial score (nSPS) is 12.7. The van der Waals surface area contributed by atoms with Gasteiger partial charge in [0, 0.05) is 13.1 Å². The fourth-order valence-electron chi connectivity index (χ4n) is 3.87. The van der Waals surface area contributed by atoms with E-state index >= 15 is 0 Å². The molecule has 25 heavy (non-hydrogen) atoms. The molecule has 0 spiro atoms. The van der Waals surface area contributed by atoms with E-state index in [1.807, 2.05) is 0 Å². The van der Waals surface area contributed by atoms with Gasteiger partial charge in [-0.3, -0.25) is 9.80 Å². The molecule has 134 valence electrons. The van der Waals surface area contributed by atoms with Crippen LogP contribution in [-0.4, -0.2) is 36.0 Å². The number of hydrogen-bond donors (Lipinski definition) is 0. The van der Waals surface area contributed by atoms with Crippen molar-refractivity contribution in [1.29, 1.82) is 0 Å². The molecule has 0 aromatic heterocycles. The summed E-state index contributed by atoms with van der Waals surface area (Å²) in [7, 11) is 0. The van der Waals surface area contributed by atoms with Crippen molar-refractivity contribution in [2.45, 2.75) is 47.2 Å². The summed E-state index contributed by atoms with van der Waals surface area (Å²) in [4.78, 5) is 4.96. The van der Waals surface area contributed by atoms with Gasteiger partial charge < -0.3 is 0 Å². The summed E-state index contributed by atoms with van der Waals surface area (Å²) in [5, 5.41) is 0. The summed E-state index contributed by atoms with van der Waals surface area (Å²) in [6.07, 6.45) is 1.09. The van der Waals surface area contributed by atoms with Crippen LogP contribution in [0.1, 0.15) is 49.9 Å². The minimum Gasteiger partial charge on any atom is -0.300 e. The van der Waals surface area contributed by atoms with E-state index in [9.17, 15) is 0 Å². The van der Waals surface area contributed by atoms with Gasteiger partial charge in [-0.15, -0.1) is 0 Å². The molecule has 0 bridgehead atoms. The minimum absolute atomic E-state index is 1.05. The van der Waals surface area contributed by atoms with Crippen LogP contribution in [0.15, 0.2) is 36.4 Å². The fourth-order valence-corrected chi connectivity index (χ4v) is 3.87. The van der Waals surface area contributed by atoms with Crippen LogP contribution >= 0.6 is 0 Å². The van der Waals surface area contributed by atoms with Gasteiger partial charge >= 0.3 is 0 Å². The second-order valence-electron chi connectivity index (χ2n) is 7.08. The highest BCUT2D eigenvalue weighted by atomic mass is 15.1. The average Bonchev–Trinajstić information content (AvgIpc) is 3.01. The van der Waals surface area contributed by atoms with E-state index in [-0.39, 0.29) is 0 Å². The summed E-state index contributed by atoms with van der Waals surface area (Å²) in [5.41, 5.74) is 8.76. The fraction of sp³-hybridized carbons (Fsp3) is 0.478. The molecular weight excluding hydrogens is 304 g/mol. The maximum Gasteiger partial charge on any atom is 0.0233 e. The quantitative estimate of drug-likeness (QED) is 0.575. The van der Waals surface area contributed by atoms with Crippen molar-refractivity contribution in [3.05, 3.63) is 58.7 Å². The zero-order valence-corrected chi connectivity index (χ0v) is 16.3. The highest BCUT2D eigenvalue weighted by molar-refractivity contribution is 5.77. The van der Waals surface area contributed by atoms with E-state index in [0.29, 0.717) is 0 Å². The first-order chi connectivity index (χ1) is 12.2. The second-order valence-corrected chi connectivity index (χ2v) is 7.08. The zero-order chi connectivity index (χ0) is 17.8. The Bertz CT molecular complexity index is 651. The van der Waals surface area contributed by atoms with E-state index < -0.39 is 0 Å². The van der Waals surface area contributed by atoms with Crippen molar-refractivity contribution < 1.29 is 0 Å². The first kappa shape index (κ1) is 18.2. The van der Waals surface area contributed by atoms with Crippen molar-refractivity contribution in [1.82, 2.24) is 9.80 Å². The zero-order valence-electron chi connectivity index (χ0n) is 16.3. The standard InChI is InChI=1S/C23H32N2/c1-5-24(6-2)16-18-9-11-20-15-21-12-10-19(17-25(7-3)8-4)14-23(21)22(20)13-18/h9-14H,5-8,15-17H2,1-4H3. The highest BCUT2D eigenvalue weighted by Crippen LogP contribution is 2.38. The molecular formula is C23H32N2. The van der Waals surface area contributed by atoms with Crippen LogP contribution < -0.4 is 0 Å². The lowest BCUT2D eigenvalue weighted by atomic mass is 10.0. The molecule has 1 aliphatic rings. The van der Waals surface area contributed by atoms with Gasteiger partial charge in [-0.05, 0) is 78.1 Å². The number of fused-ring (bicyclic) bond motifs is 3. The van der Waals surface area contributed by atoms with Crippen LogP contribution in [0.4, 0.5) is 0 Å². The molecule has 0 N–H and O–H groups in total. The van der Waals surface area contributed by atoms with Gasteiger partial charge in [-0.2, -0.15) is 0 Å². The van der Waals surface area contributed by atoms with Crippen LogP contribution in [0.2, 0.25) is 0 Å². The summed E-state index contributed by atoms with van der Waals surface area (Å²) >= 11 is 0. The van der Waals surface area contributed by atoms with Crippen molar-refractivity contribution >= 4 is 0 Å². The van der Waals surface area contributed by atoms with Crippen LogP contribution in [0.5, 0.6) is 0 Å². The van der Waals surface area contributed by atoms with Gasteiger partial charge in [0.05, 0.1) is 0 Å². The third-order valence-corrected chi connectivity index (χ3v) is 5.62. The molecule has 0 fully saturated rings. The Labute approximate surface area is 153 Å². The second kappa shape index (κ2) is 8.16. The third kappa shape index (κ3) is 3.96. The summed E-state index contributed by atoms with van der Waals surface area (Å²) < 4.78 is 0. The van der Waals surface area contributed by atoms with E-state index in [1.165, 1.54) is 33.4 Å². The molecule has 0 aliphatic heterocycles. The lowest BCUT2D eigenvalue weighted by Crippen LogP contribution is -2.22. The van der Waals surface area contributed by atoms with E-state index in [1.54, 1.807) is 0 Å². The Morgan fingerprint density at radius 2 is 1.04 bits per heavy atom. The Morgan fingerprint density at radius 3 is 1.40 bits per heavy atom. The van der Waals surface area contributed by atoms with E-state index in [2.05, 4.69) is 73.9 Å². The number of rotatable bonds is 8. The van der Waals surface area contributed by atoms with Crippen LogP contribution in [-0.2, 0) is 19.5 Å². The lowest BCUT2D eigenvalue weighted by Gasteiger charge is -2.19. The number of benzene rings is 2. The maximum atomic E-state index is 2.48. The molecule has 1 aliphatic carbocycles. The van der Waals surface area contributed by atoms with Crippen LogP contribution in [0.25, 0.3) is 11.1 Å². The van der Waals surface area contributed by atoms with Crippen molar-refractivity contribution in [2.75, 3.05) is 26.2 Å². The molecule has 0 atom stereocenters. The number of nitrogens with zero attached hydrogens (tertiary/aromatic N) is 2. The largest absolute Gasteiger partial charge is 0.300 e. The SMILES string of the molecule is CCN(CC)Cc1ccc2c(c1)-c1cc(CN(CC)CC)ccc1C2. The van der Waals surface area contributed by atoms with Crippen molar-refractivity contribution in [3.63, 3.8) is 0 Å². The van der Waals surface area contributed by atoms with Gasteiger partial charge in [0.25, 0.3) is 0 Å². The average molecular weight is 337 g/mol. The Kier molecular flexibility index (Phi) is 5.93. The Morgan fingerprint density at radius 1 is 0.640 bits per heavy atom. The first-order valence-corrected chi connectivity index (χ1v) is 9.87. The smallest absolute Gasteiger partial charge is 0.0233 e. The topological polar surface area (TPSA) is 6.48 Å². The summed E-state index contributed by atoms with van der Waals surface area (Å²) in [6.45, 7) is 15.5. The third-order valence-electron chi connectivity index (χ3n) is 5.62. The highest BCUT2D eigenvalue weighted by Gasteiger charge is 2.19. The van der Waals surface area contributed by atoms with Gasteiger partial charge in [-0.25, -0.2) is 0 Å². The molecule has 0 unspecified atom stereocenters. The van der Waals surface area contributed by atoms with Crippen molar-refractivity contribution in [3.8, 4) is 11.1 Å². The van der Waals surface area contributed by atoms with Crippen molar-refractivity contribution in [2.24, 2.45) is 0 Å². The summed E-state index contributed by atoms with van der Waals surface area (Å²) in [5.74, 6) is 0. The predicted octanol–water partition coefficient (Wildman–Crippen LogP) is 4.94. The van der Waals surface area contributed by atoms with Crippen LogP contribution in [0, 0.1) is 0 Å². The molecule has 3 rings (SSSR count). The molecule has 0 amide bonds. The van der Waals surface area contributed by atoms with E-state index in [0.717, 1.165) is 45.7 Å². The lowest BCUT2D eigenvalue weighted by molar-refractivity contribution is 0.296. The molecule has 0 heterocycles. The first-order valence-electron chi connectivity index (χ1n) is 9.87. The minimum atomic E-state index is 1.05. The van der Waals surface area contributed by atoms with Crippen LogP contribution in [0.3, 0.4) is 0 Å². The molecule has 0 saturated carbocycles. The van der Waals surface area contributed by atoms with Gasteiger partial charge in [0.2, 0.25) is 0 Å². The molecule has 2 heteroatoms. The number of hydrogen-bond acceptors (Lipinski definition) is 2. The van der Waals surface area contributed by atoms with E-state index in [4.69, 9.17) is 0 Å². The predicted molar refractivity (Wildman–Crippen MR) is 108 cm³/mol. The Balaban J connectivity index is 1.87. The molecule has 2 nitrogen and oxygen atoms in total.